The number of hydrogen-bond acceptors (Lipinski definition) is 4. The molecular weight excluding hydrogens is 302 g/mol. The number of aryl methyl sites for hydroxylation is 1. The first-order valence-electron chi connectivity index (χ1n) is 5.14. The molecule has 0 bridgehead atoms. The lowest BCUT2D eigenvalue weighted by atomic mass is 10.2. The van der Waals surface area contributed by atoms with Crippen molar-refractivity contribution in [3.63, 3.8) is 0 Å². The molecule has 1 aromatic heterocycles. The zero-order valence-electron chi connectivity index (χ0n) is 9.51. The molecule has 1 aromatic carbocycles. The first kappa shape index (κ1) is 12.6. The van der Waals surface area contributed by atoms with E-state index in [4.69, 9.17) is 14.4 Å². The van der Waals surface area contributed by atoms with Crippen molar-refractivity contribution in [3.8, 4) is 5.75 Å². The molecule has 0 amide bonds. The van der Waals surface area contributed by atoms with Gasteiger partial charge in [-0.3, -0.25) is 0 Å². The molecule has 5 nitrogen and oxygen atoms in total. The highest BCUT2D eigenvalue weighted by atomic mass is 79.9. The van der Waals surface area contributed by atoms with Crippen molar-refractivity contribution in [3.05, 3.63) is 45.8 Å². The van der Waals surface area contributed by atoms with E-state index in [9.17, 15) is 4.79 Å². The topological polar surface area (TPSA) is 72.6 Å². The summed E-state index contributed by atoms with van der Waals surface area (Å²) in [5.74, 6) is 0.159. The minimum absolute atomic E-state index is 0.171. The van der Waals surface area contributed by atoms with Crippen molar-refractivity contribution in [2.75, 3.05) is 0 Å². The van der Waals surface area contributed by atoms with Gasteiger partial charge in [0.2, 0.25) is 0 Å². The molecule has 0 aliphatic heterocycles. The third kappa shape index (κ3) is 2.89. The molecule has 0 radical (unpaired) electrons. The number of ether oxygens (including phenoxy) is 1. The molecule has 94 valence electrons. The molecule has 6 heteroatoms. The van der Waals surface area contributed by atoms with Gasteiger partial charge in [-0.15, -0.1) is 0 Å². The summed E-state index contributed by atoms with van der Waals surface area (Å²) in [6, 6.07) is 6.35. The van der Waals surface area contributed by atoms with E-state index < -0.39 is 5.97 Å². The maximum absolute atomic E-state index is 10.8. The summed E-state index contributed by atoms with van der Waals surface area (Å²) in [5, 5.41) is 12.7. The zero-order chi connectivity index (χ0) is 13.1. The van der Waals surface area contributed by atoms with Crippen LogP contribution in [0.4, 0.5) is 0 Å². The number of carbonyl (C=O) groups is 1. The van der Waals surface area contributed by atoms with Crippen molar-refractivity contribution in [2.24, 2.45) is 0 Å². The van der Waals surface area contributed by atoms with Crippen LogP contribution in [-0.4, -0.2) is 16.2 Å². The first-order chi connectivity index (χ1) is 8.56. The molecule has 0 aliphatic carbocycles. The van der Waals surface area contributed by atoms with Gasteiger partial charge < -0.3 is 14.4 Å². The summed E-state index contributed by atoms with van der Waals surface area (Å²) in [6.45, 7) is 2.01. The van der Waals surface area contributed by atoms with Gasteiger partial charge in [-0.2, -0.15) is 0 Å². The third-order valence-corrected chi connectivity index (χ3v) is 2.89. The Hall–Kier alpha value is -1.82. The minimum Gasteiger partial charge on any atom is -0.486 e. The van der Waals surface area contributed by atoms with Crippen LogP contribution in [0.3, 0.4) is 0 Å². The maximum atomic E-state index is 10.8. The van der Waals surface area contributed by atoms with E-state index in [1.807, 2.05) is 0 Å². The molecule has 0 unspecified atom stereocenters. The Labute approximate surface area is 111 Å². The lowest BCUT2D eigenvalue weighted by molar-refractivity contribution is 0.0696. The van der Waals surface area contributed by atoms with Crippen LogP contribution in [0, 0.1) is 6.92 Å². The van der Waals surface area contributed by atoms with Gasteiger partial charge in [-0.25, -0.2) is 4.79 Å². The lowest BCUT2D eigenvalue weighted by Gasteiger charge is -2.07. The first-order valence-corrected chi connectivity index (χ1v) is 5.93. The van der Waals surface area contributed by atoms with E-state index in [-0.39, 0.29) is 12.2 Å². The highest BCUT2D eigenvalue weighted by Gasteiger charge is 2.09. The Bertz CT molecular complexity index is 579. The summed E-state index contributed by atoms with van der Waals surface area (Å²) in [6.07, 6.45) is 0. The second-order valence-electron chi connectivity index (χ2n) is 3.67. The summed E-state index contributed by atoms with van der Waals surface area (Å²) < 4.78 is 11.1. The number of aromatic nitrogens is 1. The molecule has 0 spiro atoms. The van der Waals surface area contributed by atoms with Gasteiger partial charge in [-0.1, -0.05) is 5.16 Å². The Morgan fingerprint density at radius 2 is 2.28 bits per heavy atom. The van der Waals surface area contributed by atoms with Gasteiger partial charge in [0.1, 0.15) is 23.8 Å². The quantitative estimate of drug-likeness (QED) is 0.939. The van der Waals surface area contributed by atoms with Crippen molar-refractivity contribution in [2.45, 2.75) is 13.5 Å². The van der Waals surface area contributed by atoms with Crippen LogP contribution in [0.15, 0.2) is 33.3 Å². The Morgan fingerprint density at radius 3 is 2.89 bits per heavy atom. The van der Waals surface area contributed by atoms with Gasteiger partial charge in [0.25, 0.3) is 0 Å². The van der Waals surface area contributed by atoms with E-state index in [0.29, 0.717) is 21.7 Å². The predicted molar refractivity (Wildman–Crippen MR) is 66.7 cm³/mol. The number of nitrogens with zero attached hydrogens (tertiary/aromatic N) is 1. The monoisotopic (exact) mass is 311 g/mol. The van der Waals surface area contributed by atoms with Crippen molar-refractivity contribution < 1.29 is 19.2 Å². The second kappa shape index (κ2) is 5.22. The van der Waals surface area contributed by atoms with Gasteiger partial charge >= 0.3 is 5.97 Å². The number of carboxylic acids is 1. The number of halogens is 1. The van der Waals surface area contributed by atoms with Crippen LogP contribution >= 0.6 is 15.9 Å². The second-order valence-corrected chi connectivity index (χ2v) is 4.52. The van der Waals surface area contributed by atoms with E-state index in [1.54, 1.807) is 19.1 Å². The zero-order valence-corrected chi connectivity index (χ0v) is 11.1. The fourth-order valence-electron chi connectivity index (χ4n) is 1.38. The predicted octanol–water partition coefficient (Wildman–Crippen LogP) is 3.02. The largest absolute Gasteiger partial charge is 0.486 e. The molecule has 0 saturated heterocycles. The van der Waals surface area contributed by atoms with E-state index in [2.05, 4.69) is 21.1 Å². The summed E-state index contributed by atoms with van der Waals surface area (Å²) >= 11 is 3.30. The number of benzene rings is 1. The molecule has 0 atom stereocenters. The number of hydrogen-bond donors (Lipinski definition) is 1. The highest BCUT2D eigenvalue weighted by molar-refractivity contribution is 9.10. The van der Waals surface area contributed by atoms with E-state index >= 15 is 0 Å². The Balaban J connectivity index is 2.13. The molecule has 0 saturated carbocycles. The van der Waals surface area contributed by atoms with Gasteiger partial charge in [0.15, 0.2) is 0 Å². The van der Waals surface area contributed by atoms with E-state index in [0.717, 1.165) is 0 Å². The molecule has 1 heterocycles. The van der Waals surface area contributed by atoms with Crippen LogP contribution in [-0.2, 0) is 6.61 Å². The van der Waals surface area contributed by atoms with Crippen LogP contribution in [0.25, 0.3) is 0 Å². The molecule has 18 heavy (non-hydrogen) atoms. The average Bonchev–Trinajstić information content (AvgIpc) is 2.74. The van der Waals surface area contributed by atoms with E-state index in [1.165, 1.54) is 12.1 Å². The minimum atomic E-state index is -0.996. The molecule has 2 aromatic rings. The van der Waals surface area contributed by atoms with Crippen molar-refractivity contribution in [1.82, 2.24) is 5.16 Å². The molecule has 0 fully saturated rings. The van der Waals surface area contributed by atoms with Crippen molar-refractivity contribution >= 4 is 21.9 Å². The third-order valence-electron chi connectivity index (χ3n) is 2.23. The van der Waals surface area contributed by atoms with Crippen LogP contribution in [0.2, 0.25) is 0 Å². The lowest BCUT2D eigenvalue weighted by Crippen LogP contribution is -2.00. The summed E-state index contributed by atoms with van der Waals surface area (Å²) in [7, 11) is 0. The molecule has 0 aliphatic rings. The smallest absolute Gasteiger partial charge is 0.335 e. The molecule has 1 N–H and O–H groups in total. The van der Waals surface area contributed by atoms with Crippen LogP contribution in [0.1, 0.15) is 21.8 Å². The van der Waals surface area contributed by atoms with Gasteiger partial charge in [0.05, 0.1) is 10.0 Å². The fraction of sp³-hybridized carbons (Fsp3) is 0.167. The van der Waals surface area contributed by atoms with Crippen LogP contribution < -0.4 is 4.74 Å². The highest BCUT2D eigenvalue weighted by Crippen LogP contribution is 2.26. The SMILES string of the molecule is Cc1cc(COc2cc(C(=O)O)ccc2Br)no1. The summed E-state index contributed by atoms with van der Waals surface area (Å²) in [4.78, 5) is 10.8. The van der Waals surface area contributed by atoms with Gasteiger partial charge in [0, 0.05) is 6.07 Å². The van der Waals surface area contributed by atoms with Gasteiger partial charge in [-0.05, 0) is 41.1 Å². The fourth-order valence-corrected chi connectivity index (χ4v) is 1.75. The van der Waals surface area contributed by atoms with Crippen molar-refractivity contribution in [1.29, 1.82) is 0 Å². The maximum Gasteiger partial charge on any atom is 0.335 e. The Kier molecular flexibility index (Phi) is 3.66. The average molecular weight is 312 g/mol. The number of carboxylic acid groups (broad SMARTS) is 1. The normalized spacial score (nSPS) is 10.3. The molecule has 2 rings (SSSR count). The summed E-state index contributed by atoms with van der Waals surface area (Å²) in [5.41, 5.74) is 0.824. The van der Waals surface area contributed by atoms with Crippen LogP contribution in [0.5, 0.6) is 5.75 Å². The molecular formula is C12H10BrNO4. The Morgan fingerprint density at radius 1 is 1.50 bits per heavy atom. The number of aromatic carboxylic acids is 1. The standard InChI is InChI=1S/C12H10BrNO4/c1-7-4-9(14-18-7)6-17-11-5-8(12(15)16)2-3-10(11)13/h2-5H,6H2,1H3,(H,15,16). The number of rotatable bonds is 4.